The Balaban J connectivity index is 0.00000364. The van der Waals surface area contributed by atoms with Crippen molar-refractivity contribution < 1.29 is 14.2 Å². The summed E-state index contributed by atoms with van der Waals surface area (Å²) in [5.41, 5.74) is -0.175. The van der Waals surface area contributed by atoms with E-state index in [1.165, 1.54) is 0 Å². The molecule has 2 aliphatic rings. The Labute approximate surface area is 182 Å². The minimum absolute atomic E-state index is 0. The Morgan fingerprint density at radius 2 is 1.93 bits per heavy atom. The van der Waals surface area contributed by atoms with Gasteiger partial charge < -0.3 is 29.7 Å². The van der Waals surface area contributed by atoms with Crippen molar-refractivity contribution in [2.75, 3.05) is 66.8 Å². The van der Waals surface area contributed by atoms with Gasteiger partial charge in [0.2, 0.25) is 0 Å². The van der Waals surface area contributed by atoms with Crippen molar-refractivity contribution in [3.05, 3.63) is 0 Å². The first-order valence-electron chi connectivity index (χ1n) is 10.1. The lowest BCUT2D eigenvalue weighted by molar-refractivity contribution is -0.0828. The summed E-state index contributed by atoms with van der Waals surface area (Å²) in [6.07, 6.45) is 5.24. The number of rotatable bonds is 9. The average Bonchev–Trinajstić information content (AvgIpc) is 2.68. The maximum atomic E-state index is 5.80. The van der Waals surface area contributed by atoms with Crippen molar-refractivity contribution in [1.82, 2.24) is 15.5 Å². The van der Waals surface area contributed by atoms with E-state index in [0.717, 1.165) is 84.1 Å². The molecule has 0 radical (unpaired) electrons. The smallest absolute Gasteiger partial charge is 0.191 e. The van der Waals surface area contributed by atoms with E-state index in [0.29, 0.717) is 12.6 Å². The van der Waals surface area contributed by atoms with E-state index < -0.39 is 0 Å². The van der Waals surface area contributed by atoms with Crippen molar-refractivity contribution >= 4 is 29.9 Å². The van der Waals surface area contributed by atoms with E-state index in [4.69, 9.17) is 19.2 Å². The van der Waals surface area contributed by atoms with Gasteiger partial charge >= 0.3 is 0 Å². The molecule has 0 bridgehead atoms. The molecule has 0 spiro atoms. The average molecular weight is 498 g/mol. The van der Waals surface area contributed by atoms with Gasteiger partial charge in [-0.2, -0.15) is 0 Å². The second-order valence-corrected chi connectivity index (χ2v) is 7.30. The van der Waals surface area contributed by atoms with E-state index in [1.807, 2.05) is 0 Å². The molecule has 0 amide bonds. The molecule has 0 aromatic heterocycles. The fourth-order valence-corrected chi connectivity index (χ4v) is 3.64. The van der Waals surface area contributed by atoms with Gasteiger partial charge in [-0.25, -0.2) is 0 Å². The maximum Gasteiger partial charge on any atom is 0.191 e. The lowest BCUT2D eigenvalue weighted by Gasteiger charge is -2.35. The molecule has 0 aromatic carbocycles. The predicted octanol–water partition coefficient (Wildman–Crippen LogP) is 1.86. The van der Waals surface area contributed by atoms with Crippen LogP contribution >= 0.6 is 24.0 Å². The fraction of sp³-hybridized carbons (Fsp3) is 0.947. The second kappa shape index (κ2) is 13.9. The fourth-order valence-electron chi connectivity index (χ4n) is 3.64. The third-order valence-electron chi connectivity index (χ3n) is 5.46. The Hall–Kier alpha value is -0.160. The van der Waals surface area contributed by atoms with Crippen LogP contribution in [0.3, 0.4) is 0 Å². The number of methoxy groups -OCH3 is 2. The molecule has 8 heteroatoms. The molecule has 2 fully saturated rings. The van der Waals surface area contributed by atoms with Crippen molar-refractivity contribution in [3.8, 4) is 0 Å². The summed E-state index contributed by atoms with van der Waals surface area (Å²) in [7, 11) is 3.56. The zero-order valence-electron chi connectivity index (χ0n) is 17.3. The topological polar surface area (TPSA) is 67.4 Å². The van der Waals surface area contributed by atoms with Gasteiger partial charge in [0.1, 0.15) is 0 Å². The summed E-state index contributed by atoms with van der Waals surface area (Å²) in [5, 5.41) is 7.01. The van der Waals surface area contributed by atoms with Crippen LogP contribution in [0.4, 0.5) is 0 Å². The van der Waals surface area contributed by atoms with Gasteiger partial charge in [-0.3, -0.25) is 4.99 Å². The minimum atomic E-state index is -0.175. The highest BCUT2D eigenvalue weighted by molar-refractivity contribution is 14.0. The molecule has 2 N–H and O–H groups in total. The summed E-state index contributed by atoms with van der Waals surface area (Å²) in [4.78, 5) is 7.37. The highest BCUT2D eigenvalue weighted by Gasteiger charge is 2.32. The van der Waals surface area contributed by atoms with Crippen LogP contribution in [0.2, 0.25) is 0 Å². The van der Waals surface area contributed by atoms with Crippen LogP contribution < -0.4 is 10.6 Å². The first-order chi connectivity index (χ1) is 12.7. The summed E-state index contributed by atoms with van der Waals surface area (Å²) in [6, 6.07) is 0.486. The third-order valence-corrected chi connectivity index (χ3v) is 5.46. The molecule has 2 rings (SSSR count). The summed E-state index contributed by atoms with van der Waals surface area (Å²) < 4.78 is 16.4. The van der Waals surface area contributed by atoms with E-state index in [1.54, 1.807) is 14.2 Å². The van der Waals surface area contributed by atoms with E-state index in [9.17, 15) is 0 Å². The number of hydrogen-bond donors (Lipinski definition) is 2. The monoisotopic (exact) mass is 498 g/mol. The number of aliphatic imine (C=N–C) groups is 1. The molecule has 0 unspecified atom stereocenters. The lowest BCUT2D eigenvalue weighted by atomic mass is 9.94. The van der Waals surface area contributed by atoms with Crippen LogP contribution in [0.15, 0.2) is 4.99 Å². The number of piperidine rings is 1. The van der Waals surface area contributed by atoms with Crippen LogP contribution in [-0.2, 0) is 14.2 Å². The first-order valence-corrected chi connectivity index (χ1v) is 10.1. The van der Waals surface area contributed by atoms with Crippen LogP contribution in [0.25, 0.3) is 0 Å². The van der Waals surface area contributed by atoms with Gasteiger partial charge in [-0.15, -0.1) is 24.0 Å². The molecule has 27 heavy (non-hydrogen) atoms. The van der Waals surface area contributed by atoms with Gasteiger partial charge in [0, 0.05) is 79.1 Å². The van der Waals surface area contributed by atoms with Crippen molar-refractivity contribution in [1.29, 1.82) is 0 Å². The van der Waals surface area contributed by atoms with Crippen LogP contribution in [0, 0.1) is 0 Å². The van der Waals surface area contributed by atoms with E-state index >= 15 is 0 Å². The Bertz CT molecular complexity index is 412. The second-order valence-electron chi connectivity index (χ2n) is 7.30. The molecule has 2 saturated heterocycles. The van der Waals surface area contributed by atoms with Gasteiger partial charge in [0.05, 0.1) is 12.1 Å². The van der Waals surface area contributed by atoms with Gasteiger partial charge in [-0.05, 0) is 26.2 Å². The molecule has 2 aliphatic heterocycles. The Morgan fingerprint density at radius 1 is 1.22 bits per heavy atom. The third kappa shape index (κ3) is 8.81. The largest absolute Gasteiger partial charge is 0.385 e. The number of nitrogens with zero attached hydrogens (tertiary/aromatic N) is 2. The lowest BCUT2D eigenvalue weighted by Crippen LogP contribution is -2.49. The minimum Gasteiger partial charge on any atom is -0.385 e. The van der Waals surface area contributed by atoms with Gasteiger partial charge in [-0.1, -0.05) is 0 Å². The molecule has 2 heterocycles. The molecule has 0 aliphatic carbocycles. The molecule has 0 atom stereocenters. The van der Waals surface area contributed by atoms with Gasteiger partial charge in [0.25, 0.3) is 0 Å². The molecule has 160 valence electrons. The molecular formula is C19H39IN4O3. The van der Waals surface area contributed by atoms with E-state index in [2.05, 4.69) is 22.5 Å². The predicted molar refractivity (Wildman–Crippen MR) is 120 cm³/mol. The normalized spacial score (nSPS) is 21.5. The van der Waals surface area contributed by atoms with Crippen LogP contribution in [-0.4, -0.2) is 89.3 Å². The standard InChI is InChI=1S/C19H38N4O3.HI/c1-4-20-18(21-16-19(25-3)8-14-26-15-9-19)22-17-6-11-23(12-7-17)10-5-13-24-2;/h17H,4-16H2,1-3H3,(H2,20,21,22);1H. The highest BCUT2D eigenvalue weighted by atomic mass is 127. The Kier molecular flexibility index (Phi) is 12.8. The number of halogens is 1. The molecule has 0 saturated carbocycles. The van der Waals surface area contributed by atoms with Crippen molar-refractivity contribution in [2.24, 2.45) is 4.99 Å². The first kappa shape index (κ1) is 24.9. The van der Waals surface area contributed by atoms with E-state index in [-0.39, 0.29) is 29.6 Å². The number of guanidine groups is 1. The van der Waals surface area contributed by atoms with Gasteiger partial charge in [0.15, 0.2) is 5.96 Å². The highest BCUT2D eigenvalue weighted by Crippen LogP contribution is 2.24. The SMILES string of the molecule is CCNC(=NCC1(OC)CCOCC1)NC1CCN(CCCOC)CC1.I. The number of likely N-dealkylation sites (tertiary alicyclic amines) is 1. The summed E-state index contributed by atoms with van der Waals surface area (Å²) in [5.74, 6) is 0.910. The maximum absolute atomic E-state index is 5.80. The number of nitrogens with one attached hydrogen (secondary N) is 2. The quantitative estimate of drug-likeness (QED) is 0.219. The van der Waals surface area contributed by atoms with Crippen LogP contribution in [0.1, 0.15) is 39.0 Å². The summed E-state index contributed by atoms with van der Waals surface area (Å²) in [6.45, 7) is 9.43. The number of ether oxygens (including phenoxy) is 3. The Morgan fingerprint density at radius 3 is 2.52 bits per heavy atom. The summed E-state index contributed by atoms with van der Waals surface area (Å²) >= 11 is 0. The zero-order valence-corrected chi connectivity index (χ0v) is 19.6. The number of hydrogen-bond acceptors (Lipinski definition) is 5. The van der Waals surface area contributed by atoms with Crippen LogP contribution in [0.5, 0.6) is 0 Å². The molecule has 7 nitrogen and oxygen atoms in total. The molecule has 0 aromatic rings. The zero-order chi connectivity index (χ0) is 18.7. The van der Waals surface area contributed by atoms with Crippen molar-refractivity contribution in [2.45, 2.75) is 50.7 Å². The molecular weight excluding hydrogens is 459 g/mol. The van der Waals surface area contributed by atoms with Crippen molar-refractivity contribution in [3.63, 3.8) is 0 Å².